The van der Waals surface area contributed by atoms with E-state index in [0.29, 0.717) is 26.3 Å². The van der Waals surface area contributed by atoms with Crippen LogP contribution < -0.4 is 16.6 Å². The molecule has 2 rings (SSSR count). The Morgan fingerprint density at radius 1 is 1.38 bits per heavy atom. The van der Waals surface area contributed by atoms with E-state index in [1.165, 1.54) is 0 Å². The number of hydrogen-bond donors (Lipinski definition) is 3. The summed E-state index contributed by atoms with van der Waals surface area (Å²) in [5, 5.41) is 11.3. The highest BCUT2D eigenvalue weighted by Crippen LogP contribution is 1.95. The zero-order valence-electron chi connectivity index (χ0n) is 13.3. The molecule has 3 N–H and O–H groups in total. The first-order chi connectivity index (χ1) is 11.6. The van der Waals surface area contributed by atoms with E-state index in [1.807, 2.05) is 0 Å². The fourth-order valence-corrected chi connectivity index (χ4v) is 2.24. The third-order valence-electron chi connectivity index (χ3n) is 3.54. The highest BCUT2D eigenvalue weighted by molar-refractivity contribution is 5.93. The van der Waals surface area contributed by atoms with Crippen molar-refractivity contribution in [3.63, 3.8) is 0 Å². The van der Waals surface area contributed by atoms with E-state index >= 15 is 0 Å². The van der Waals surface area contributed by atoms with Crippen molar-refractivity contribution in [1.29, 1.82) is 0 Å². The van der Waals surface area contributed by atoms with Crippen molar-refractivity contribution in [3.8, 4) is 0 Å². The van der Waals surface area contributed by atoms with Crippen molar-refractivity contribution in [2.75, 3.05) is 52.6 Å². The standard InChI is InChI=1S/C14H22N4O6/c19-5-8-24-10-18-9-11(13(21)16-14(18)22)12(20)15-1-2-17-3-6-23-7-4-17/h9,19H,1-8,10H2,(H,15,20)(H,16,21,22). The first-order valence-corrected chi connectivity index (χ1v) is 7.72. The Morgan fingerprint density at radius 3 is 2.83 bits per heavy atom. The Labute approximate surface area is 138 Å². The summed E-state index contributed by atoms with van der Waals surface area (Å²) in [5.74, 6) is -0.555. The van der Waals surface area contributed by atoms with Crippen molar-refractivity contribution in [1.82, 2.24) is 19.8 Å². The minimum atomic E-state index is -0.748. The molecule has 2 heterocycles. The van der Waals surface area contributed by atoms with Crippen LogP contribution in [0.1, 0.15) is 10.4 Å². The number of aromatic nitrogens is 2. The zero-order chi connectivity index (χ0) is 17.4. The lowest BCUT2D eigenvalue weighted by Crippen LogP contribution is -2.42. The third-order valence-corrected chi connectivity index (χ3v) is 3.54. The van der Waals surface area contributed by atoms with Gasteiger partial charge in [-0.2, -0.15) is 0 Å². The van der Waals surface area contributed by atoms with E-state index in [0.717, 1.165) is 23.9 Å². The molecule has 10 heteroatoms. The Kier molecular flexibility index (Phi) is 7.12. The number of aliphatic hydroxyl groups excluding tert-OH is 1. The Bertz CT molecular complexity index is 649. The van der Waals surface area contributed by atoms with E-state index in [4.69, 9.17) is 14.6 Å². The lowest BCUT2D eigenvalue weighted by atomic mass is 10.3. The molecule has 0 saturated carbocycles. The van der Waals surface area contributed by atoms with Crippen molar-refractivity contribution < 1.29 is 19.4 Å². The normalized spacial score (nSPS) is 15.4. The number of morpholine rings is 1. The SMILES string of the molecule is O=C(NCCN1CCOCC1)c1cn(COCCO)c(=O)[nH]c1=O. The van der Waals surface area contributed by atoms with E-state index in [-0.39, 0.29) is 25.5 Å². The van der Waals surface area contributed by atoms with E-state index in [1.54, 1.807) is 0 Å². The van der Waals surface area contributed by atoms with Crippen LogP contribution in [0.4, 0.5) is 0 Å². The lowest BCUT2D eigenvalue weighted by Gasteiger charge is -2.26. The average molecular weight is 342 g/mol. The van der Waals surface area contributed by atoms with E-state index in [2.05, 4.69) is 15.2 Å². The summed E-state index contributed by atoms with van der Waals surface area (Å²) in [6.45, 7) is 3.71. The molecule has 1 aromatic heterocycles. The summed E-state index contributed by atoms with van der Waals surface area (Å²) < 4.78 is 11.3. The second-order valence-corrected chi connectivity index (χ2v) is 5.24. The van der Waals surface area contributed by atoms with Crippen LogP contribution in [0, 0.1) is 0 Å². The molecule has 0 atom stereocenters. The van der Waals surface area contributed by atoms with Gasteiger partial charge in [0.1, 0.15) is 12.3 Å². The molecule has 10 nitrogen and oxygen atoms in total. The van der Waals surface area contributed by atoms with Crippen molar-refractivity contribution in [2.24, 2.45) is 0 Å². The van der Waals surface area contributed by atoms with Gasteiger partial charge in [0.2, 0.25) is 0 Å². The highest BCUT2D eigenvalue weighted by Gasteiger charge is 2.14. The minimum absolute atomic E-state index is 0.0483. The van der Waals surface area contributed by atoms with Gasteiger partial charge in [-0.1, -0.05) is 0 Å². The number of amides is 1. The summed E-state index contributed by atoms with van der Waals surface area (Å²) in [7, 11) is 0. The molecule has 0 spiro atoms. The number of H-pyrrole nitrogens is 1. The predicted octanol–water partition coefficient (Wildman–Crippen LogP) is -2.43. The maximum Gasteiger partial charge on any atom is 0.330 e. The fourth-order valence-electron chi connectivity index (χ4n) is 2.24. The molecule has 0 radical (unpaired) electrons. The van der Waals surface area contributed by atoms with Gasteiger partial charge in [0.15, 0.2) is 0 Å². The van der Waals surface area contributed by atoms with Gasteiger partial charge in [0.25, 0.3) is 11.5 Å². The summed E-state index contributed by atoms with van der Waals surface area (Å²) in [5.41, 5.74) is -1.59. The number of carbonyl (C=O) groups is 1. The number of aliphatic hydroxyl groups is 1. The molecule has 1 fully saturated rings. The molecule has 1 aromatic rings. The highest BCUT2D eigenvalue weighted by atomic mass is 16.5. The van der Waals surface area contributed by atoms with Gasteiger partial charge in [-0.15, -0.1) is 0 Å². The quantitative estimate of drug-likeness (QED) is 0.448. The van der Waals surface area contributed by atoms with Gasteiger partial charge in [0.05, 0.1) is 26.4 Å². The topological polar surface area (TPSA) is 126 Å². The monoisotopic (exact) mass is 342 g/mol. The van der Waals surface area contributed by atoms with E-state index in [9.17, 15) is 14.4 Å². The molecule has 0 unspecified atom stereocenters. The molecule has 1 saturated heterocycles. The first kappa shape index (κ1) is 18.3. The van der Waals surface area contributed by atoms with Gasteiger partial charge in [-0.25, -0.2) is 4.79 Å². The molecular formula is C14H22N4O6. The Hall–Kier alpha value is -2.01. The molecule has 0 bridgehead atoms. The van der Waals surface area contributed by atoms with Crippen LogP contribution >= 0.6 is 0 Å². The van der Waals surface area contributed by atoms with Gasteiger partial charge in [-0.3, -0.25) is 24.0 Å². The molecular weight excluding hydrogens is 320 g/mol. The second kappa shape index (κ2) is 9.33. The number of rotatable bonds is 8. The van der Waals surface area contributed by atoms with Crippen LogP contribution in [0.3, 0.4) is 0 Å². The molecule has 1 aliphatic rings. The smallest absolute Gasteiger partial charge is 0.330 e. The molecule has 0 aliphatic carbocycles. The number of ether oxygens (including phenoxy) is 2. The summed E-state index contributed by atoms with van der Waals surface area (Å²) in [6, 6.07) is 0. The van der Waals surface area contributed by atoms with Crippen molar-refractivity contribution >= 4 is 5.91 Å². The largest absolute Gasteiger partial charge is 0.394 e. The van der Waals surface area contributed by atoms with Gasteiger partial charge in [-0.05, 0) is 0 Å². The van der Waals surface area contributed by atoms with Crippen molar-refractivity contribution in [2.45, 2.75) is 6.73 Å². The van der Waals surface area contributed by atoms with E-state index < -0.39 is 17.2 Å². The molecule has 1 amide bonds. The minimum Gasteiger partial charge on any atom is -0.394 e. The number of hydrogen-bond acceptors (Lipinski definition) is 7. The van der Waals surface area contributed by atoms with Crippen LogP contribution in [0.5, 0.6) is 0 Å². The van der Waals surface area contributed by atoms with Gasteiger partial charge < -0.3 is 19.9 Å². The first-order valence-electron chi connectivity index (χ1n) is 7.72. The van der Waals surface area contributed by atoms with Crippen LogP contribution in [0.2, 0.25) is 0 Å². The maximum absolute atomic E-state index is 12.1. The average Bonchev–Trinajstić information content (AvgIpc) is 2.58. The van der Waals surface area contributed by atoms with Crippen LogP contribution in [-0.2, 0) is 16.2 Å². The molecule has 24 heavy (non-hydrogen) atoms. The van der Waals surface area contributed by atoms with Crippen LogP contribution in [0.15, 0.2) is 15.8 Å². The number of nitrogens with zero attached hydrogens (tertiary/aromatic N) is 2. The van der Waals surface area contributed by atoms with Crippen molar-refractivity contribution in [3.05, 3.63) is 32.6 Å². The Morgan fingerprint density at radius 2 is 2.12 bits per heavy atom. The van der Waals surface area contributed by atoms with Crippen LogP contribution in [-0.4, -0.2) is 78.1 Å². The number of carbonyl (C=O) groups excluding carboxylic acids is 1. The van der Waals surface area contributed by atoms with Gasteiger partial charge in [0, 0.05) is 32.4 Å². The molecule has 1 aliphatic heterocycles. The number of nitrogens with one attached hydrogen (secondary N) is 2. The summed E-state index contributed by atoms with van der Waals surface area (Å²) >= 11 is 0. The predicted molar refractivity (Wildman–Crippen MR) is 84.0 cm³/mol. The van der Waals surface area contributed by atoms with Gasteiger partial charge >= 0.3 is 5.69 Å². The zero-order valence-corrected chi connectivity index (χ0v) is 13.3. The molecule has 134 valence electrons. The summed E-state index contributed by atoms with van der Waals surface area (Å²) in [6.07, 6.45) is 1.16. The number of aromatic amines is 1. The Balaban J connectivity index is 1.93. The lowest BCUT2D eigenvalue weighted by molar-refractivity contribution is 0.0383. The van der Waals surface area contributed by atoms with Crippen LogP contribution in [0.25, 0.3) is 0 Å². The fraction of sp³-hybridized carbons (Fsp3) is 0.643. The maximum atomic E-state index is 12.1. The second-order valence-electron chi connectivity index (χ2n) is 5.24. The summed E-state index contributed by atoms with van der Waals surface area (Å²) in [4.78, 5) is 39.8. The third kappa shape index (κ3) is 5.27. The molecule has 0 aromatic carbocycles.